The summed E-state index contributed by atoms with van der Waals surface area (Å²) in [7, 11) is 0. The first-order valence-corrected chi connectivity index (χ1v) is 16.7. The van der Waals surface area contributed by atoms with Gasteiger partial charge in [-0.1, -0.05) is 152 Å². The van der Waals surface area contributed by atoms with E-state index in [1.54, 1.807) is 0 Å². The highest BCUT2D eigenvalue weighted by Crippen LogP contribution is 2.50. The largest absolute Gasteiger partial charge is 0.313 e. The third kappa shape index (κ3) is 5.43. The molecule has 4 nitrogen and oxygen atoms in total. The van der Waals surface area contributed by atoms with Crippen LogP contribution in [0.25, 0.3) is 56.4 Å². The highest BCUT2D eigenvalue weighted by atomic mass is 15.2. The van der Waals surface area contributed by atoms with Crippen molar-refractivity contribution >= 4 is 11.4 Å². The van der Waals surface area contributed by atoms with Crippen molar-refractivity contribution < 1.29 is 0 Å². The van der Waals surface area contributed by atoms with E-state index in [1.807, 2.05) is 36.4 Å². The fourth-order valence-corrected chi connectivity index (χ4v) is 6.98. The molecule has 6 aromatic carbocycles. The number of anilines is 2. The summed E-state index contributed by atoms with van der Waals surface area (Å²) in [6.07, 6.45) is 7.75. The smallest absolute Gasteiger partial charge is 0.164 e. The lowest BCUT2D eigenvalue weighted by Gasteiger charge is -2.25. The average Bonchev–Trinajstić information content (AvgIpc) is 3.53. The monoisotopic (exact) mass is 628 g/mol. The number of allylic oxidation sites excluding steroid dienone is 4. The third-order valence-corrected chi connectivity index (χ3v) is 9.44. The first-order valence-electron chi connectivity index (χ1n) is 16.7. The second-order valence-electron chi connectivity index (χ2n) is 12.4. The van der Waals surface area contributed by atoms with E-state index in [0.717, 1.165) is 39.8 Å². The fraction of sp³-hybridized carbons (Fsp3) is 0.0444. The minimum Gasteiger partial charge on any atom is -0.313 e. The highest BCUT2D eigenvalue weighted by Gasteiger charge is 2.34. The van der Waals surface area contributed by atoms with Gasteiger partial charge in [-0.15, -0.1) is 0 Å². The van der Waals surface area contributed by atoms with Gasteiger partial charge in [0.15, 0.2) is 17.5 Å². The minimum atomic E-state index is 0.400. The highest BCUT2D eigenvalue weighted by molar-refractivity contribution is 5.82. The van der Waals surface area contributed by atoms with E-state index < -0.39 is 0 Å². The van der Waals surface area contributed by atoms with E-state index in [2.05, 4.69) is 144 Å². The fourth-order valence-electron chi connectivity index (χ4n) is 6.98. The van der Waals surface area contributed by atoms with Crippen molar-refractivity contribution in [3.8, 4) is 56.4 Å². The van der Waals surface area contributed by atoms with Crippen LogP contribution in [0.3, 0.4) is 0 Å². The lowest BCUT2D eigenvalue weighted by molar-refractivity contribution is 0.819. The first-order chi connectivity index (χ1) is 24.3. The molecule has 49 heavy (non-hydrogen) atoms. The predicted molar refractivity (Wildman–Crippen MR) is 200 cm³/mol. The summed E-state index contributed by atoms with van der Waals surface area (Å²) in [5.41, 5.74) is 12.7. The Balaban J connectivity index is 1.06. The Hall–Kier alpha value is -6.39. The number of nitrogens with zero attached hydrogens (tertiary/aromatic N) is 4. The van der Waals surface area contributed by atoms with Crippen molar-refractivity contribution in [1.29, 1.82) is 0 Å². The van der Waals surface area contributed by atoms with Crippen molar-refractivity contribution in [3.63, 3.8) is 0 Å². The van der Waals surface area contributed by atoms with E-state index in [9.17, 15) is 0 Å². The van der Waals surface area contributed by atoms with Crippen LogP contribution in [0.2, 0.25) is 0 Å². The Bertz CT molecular complexity index is 2340. The third-order valence-electron chi connectivity index (χ3n) is 9.44. The Labute approximate surface area is 286 Å². The molecule has 4 heteroatoms. The van der Waals surface area contributed by atoms with Gasteiger partial charge in [0.1, 0.15) is 0 Å². The maximum atomic E-state index is 4.99. The summed E-state index contributed by atoms with van der Waals surface area (Å²) in [6, 6.07) is 55.1. The maximum absolute atomic E-state index is 4.99. The Morgan fingerprint density at radius 2 is 0.939 bits per heavy atom. The zero-order chi connectivity index (χ0) is 32.6. The lowest BCUT2D eigenvalue weighted by atomic mass is 9.92. The van der Waals surface area contributed by atoms with Gasteiger partial charge in [-0.25, -0.2) is 15.0 Å². The Kier molecular flexibility index (Phi) is 7.25. The lowest BCUT2D eigenvalue weighted by Crippen LogP contribution is -2.14. The summed E-state index contributed by atoms with van der Waals surface area (Å²) >= 11 is 0. The van der Waals surface area contributed by atoms with Crippen molar-refractivity contribution in [3.05, 3.63) is 187 Å². The molecule has 0 fully saturated rings. The van der Waals surface area contributed by atoms with Crippen LogP contribution in [0, 0.1) is 0 Å². The number of hydrogen-bond acceptors (Lipinski definition) is 4. The molecule has 1 atom stereocenters. The zero-order valence-electron chi connectivity index (χ0n) is 26.8. The van der Waals surface area contributed by atoms with Gasteiger partial charge in [-0.2, -0.15) is 0 Å². The number of para-hydroxylation sites is 1. The quantitative estimate of drug-likeness (QED) is 0.184. The standard InChI is InChI=1S/C45H32N4/c1-3-12-31(13-4-1)32-22-26-35(27-23-32)44-46-43(34-14-5-2-6-15-34)47-45(48-44)36-28-24-33(25-29-36)37-16-11-17-38(30-37)49-41-20-9-7-18-39(41)40-19-8-10-21-42(40)49/h1-18,20-30,40H,19H2. The van der Waals surface area contributed by atoms with E-state index in [4.69, 9.17) is 15.0 Å². The van der Waals surface area contributed by atoms with Gasteiger partial charge in [0, 0.05) is 39.7 Å². The topological polar surface area (TPSA) is 41.9 Å². The summed E-state index contributed by atoms with van der Waals surface area (Å²) < 4.78 is 0. The number of benzene rings is 6. The van der Waals surface area contributed by atoms with E-state index in [1.165, 1.54) is 28.2 Å². The van der Waals surface area contributed by atoms with Crippen molar-refractivity contribution in [1.82, 2.24) is 15.0 Å². The molecule has 2 heterocycles. The molecule has 1 unspecified atom stereocenters. The van der Waals surface area contributed by atoms with Gasteiger partial charge < -0.3 is 4.90 Å². The van der Waals surface area contributed by atoms with E-state index >= 15 is 0 Å². The molecule has 1 aromatic heterocycles. The van der Waals surface area contributed by atoms with Gasteiger partial charge >= 0.3 is 0 Å². The molecule has 232 valence electrons. The van der Waals surface area contributed by atoms with Crippen LogP contribution in [-0.4, -0.2) is 15.0 Å². The SMILES string of the molecule is C1=CCC2C(=C1)N(c1cccc(-c3ccc(-c4nc(-c5ccccc5)nc(-c5ccc(-c6ccccc6)cc5)n4)cc3)c1)c1ccccc12. The summed E-state index contributed by atoms with van der Waals surface area (Å²) in [4.78, 5) is 17.3. The molecule has 2 aliphatic rings. The second kappa shape index (κ2) is 12.3. The molecular formula is C45H32N4. The number of aromatic nitrogens is 3. The molecule has 0 amide bonds. The van der Waals surface area contributed by atoms with Crippen LogP contribution in [0.1, 0.15) is 17.9 Å². The molecule has 7 aromatic rings. The molecule has 1 aliphatic heterocycles. The van der Waals surface area contributed by atoms with Gasteiger partial charge in [-0.05, 0) is 58.5 Å². The van der Waals surface area contributed by atoms with Gasteiger partial charge in [0.05, 0.1) is 0 Å². The van der Waals surface area contributed by atoms with Gasteiger partial charge in [0.2, 0.25) is 0 Å². The van der Waals surface area contributed by atoms with E-state index in [-0.39, 0.29) is 0 Å². The summed E-state index contributed by atoms with van der Waals surface area (Å²) in [5.74, 6) is 2.35. The van der Waals surface area contributed by atoms with Crippen LogP contribution in [0.15, 0.2) is 182 Å². The van der Waals surface area contributed by atoms with Gasteiger partial charge in [-0.3, -0.25) is 0 Å². The molecule has 0 spiro atoms. The van der Waals surface area contributed by atoms with Gasteiger partial charge in [0.25, 0.3) is 0 Å². The molecule has 0 saturated carbocycles. The Morgan fingerprint density at radius 3 is 1.59 bits per heavy atom. The number of rotatable bonds is 6. The average molecular weight is 629 g/mol. The van der Waals surface area contributed by atoms with E-state index in [0.29, 0.717) is 23.4 Å². The summed E-state index contributed by atoms with van der Waals surface area (Å²) in [5, 5.41) is 0. The number of hydrogen-bond donors (Lipinski definition) is 0. The molecule has 9 rings (SSSR count). The first kappa shape index (κ1) is 28.8. The van der Waals surface area contributed by atoms with Crippen molar-refractivity contribution in [2.24, 2.45) is 0 Å². The number of fused-ring (bicyclic) bond motifs is 3. The molecule has 0 bridgehead atoms. The van der Waals surface area contributed by atoms with Crippen molar-refractivity contribution in [2.75, 3.05) is 4.90 Å². The molecule has 1 aliphatic carbocycles. The van der Waals surface area contributed by atoms with Crippen LogP contribution in [-0.2, 0) is 0 Å². The second-order valence-corrected chi connectivity index (χ2v) is 12.4. The Morgan fingerprint density at radius 1 is 0.449 bits per heavy atom. The maximum Gasteiger partial charge on any atom is 0.164 e. The minimum absolute atomic E-state index is 0.400. The van der Waals surface area contributed by atoms with Crippen LogP contribution in [0.4, 0.5) is 11.4 Å². The molecular weight excluding hydrogens is 597 g/mol. The zero-order valence-corrected chi connectivity index (χ0v) is 26.8. The normalized spacial score (nSPS) is 14.7. The van der Waals surface area contributed by atoms with Crippen molar-refractivity contribution in [2.45, 2.75) is 12.3 Å². The molecule has 0 radical (unpaired) electrons. The van der Waals surface area contributed by atoms with Crippen LogP contribution < -0.4 is 4.90 Å². The van der Waals surface area contributed by atoms with Crippen LogP contribution in [0.5, 0.6) is 0 Å². The summed E-state index contributed by atoms with van der Waals surface area (Å²) in [6.45, 7) is 0. The molecule has 0 saturated heterocycles. The van der Waals surface area contributed by atoms with Crippen LogP contribution >= 0.6 is 0 Å². The predicted octanol–water partition coefficient (Wildman–Crippen LogP) is 11.3. The molecule has 0 N–H and O–H groups in total.